The molecule has 0 saturated heterocycles. The summed E-state index contributed by atoms with van der Waals surface area (Å²) in [6.45, 7) is -0.0134. The topological polar surface area (TPSA) is 156 Å². The van der Waals surface area contributed by atoms with Gasteiger partial charge in [-0.1, -0.05) is 24.3 Å². The molecule has 2 aliphatic rings. The minimum Gasteiger partial charge on any atom is -0.480 e. The SMILES string of the molecule is COc1ncnc(C2CC2)c1-c1ncc2cc(C(=O)NN)c(=O)n(Cc3ccc(-c4nc(C(F)(F)F)cn4C4CC4)cc3)c2n1. The number of carbonyl (C=O) groups is 1. The molecule has 0 atom stereocenters. The molecule has 1 aromatic carbocycles. The van der Waals surface area contributed by atoms with Gasteiger partial charge in [0.15, 0.2) is 11.5 Å². The average molecular weight is 618 g/mol. The van der Waals surface area contributed by atoms with Crippen LogP contribution in [0.15, 0.2) is 53.8 Å². The number of benzene rings is 1. The minimum absolute atomic E-state index is 0.0134. The summed E-state index contributed by atoms with van der Waals surface area (Å²) < 4.78 is 48.7. The first-order chi connectivity index (χ1) is 21.7. The number of rotatable bonds is 8. The van der Waals surface area contributed by atoms with Crippen LogP contribution in [0.3, 0.4) is 0 Å². The summed E-state index contributed by atoms with van der Waals surface area (Å²) >= 11 is 0. The van der Waals surface area contributed by atoms with Crippen molar-refractivity contribution in [3.05, 3.63) is 81.9 Å². The number of alkyl halides is 3. The van der Waals surface area contributed by atoms with E-state index >= 15 is 0 Å². The van der Waals surface area contributed by atoms with Crippen LogP contribution >= 0.6 is 0 Å². The van der Waals surface area contributed by atoms with E-state index in [0.29, 0.717) is 28.0 Å². The van der Waals surface area contributed by atoms with Gasteiger partial charge in [0.2, 0.25) is 5.88 Å². The van der Waals surface area contributed by atoms with Crippen molar-refractivity contribution in [3.8, 4) is 28.7 Å². The van der Waals surface area contributed by atoms with Crippen LogP contribution in [0.25, 0.3) is 33.8 Å². The molecule has 12 nitrogen and oxygen atoms in total. The normalized spacial score (nSPS) is 15.0. The van der Waals surface area contributed by atoms with E-state index in [1.165, 1.54) is 30.3 Å². The molecule has 4 aromatic heterocycles. The van der Waals surface area contributed by atoms with Gasteiger partial charge >= 0.3 is 6.18 Å². The van der Waals surface area contributed by atoms with Crippen molar-refractivity contribution in [2.75, 3.05) is 7.11 Å². The van der Waals surface area contributed by atoms with Crippen molar-refractivity contribution < 1.29 is 22.7 Å². The van der Waals surface area contributed by atoms with E-state index in [4.69, 9.17) is 15.6 Å². The monoisotopic (exact) mass is 617 g/mol. The number of nitrogens with one attached hydrogen (secondary N) is 1. The second kappa shape index (κ2) is 10.8. The second-order valence-corrected chi connectivity index (χ2v) is 11.1. The highest BCUT2D eigenvalue weighted by Crippen LogP contribution is 2.45. The van der Waals surface area contributed by atoms with E-state index in [1.807, 2.05) is 5.43 Å². The van der Waals surface area contributed by atoms with Gasteiger partial charge in [0, 0.05) is 35.3 Å². The molecule has 3 N–H and O–H groups in total. The van der Waals surface area contributed by atoms with E-state index in [9.17, 15) is 22.8 Å². The van der Waals surface area contributed by atoms with E-state index in [-0.39, 0.29) is 41.4 Å². The number of nitrogen functional groups attached to an aromatic ring is 1. The Hall–Kier alpha value is -5.18. The number of imidazole rings is 1. The van der Waals surface area contributed by atoms with Crippen LogP contribution in [0.4, 0.5) is 13.2 Å². The smallest absolute Gasteiger partial charge is 0.434 e. The number of amides is 1. The van der Waals surface area contributed by atoms with Crippen LogP contribution in [0.2, 0.25) is 0 Å². The molecule has 2 aliphatic carbocycles. The summed E-state index contributed by atoms with van der Waals surface area (Å²) in [4.78, 5) is 48.0. The largest absolute Gasteiger partial charge is 0.480 e. The zero-order valence-corrected chi connectivity index (χ0v) is 23.9. The first-order valence-corrected chi connectivity index (χ1v) is 14.2. The van der Waals surface area contributed by atoms with Crippen LogP contribution < -0.4 is 21.6 Å². The molecule has 0 unspecified atom stereocenters. The van der Waals surface area contributed by atoms with Crippen molar-refractivity contribution in [1.29, 1.82) is 0 Å². The lowest BCUT2D eigenvalue weighted by Crippen LogP contribution is -2.37. The fourth-order valence-corrected chi connectivity index (χ4v) is 5.40. The molecule has 230 valence electrons. The number of hydrogen-bond acceptors (Lipinski definition) is 9. The van der Waals surface area contributed by atoms with Crippen LogP contribution in [0.5, 0.6) is 5.88 Å². The number of carbonyl (C=O) groups excluding carboxylic acids is 1. The maximum absolute atomic E-state index is 13.7. The Morgan fingerprint density at radius 1 is 1.09 bits per heavy atom. The van der Waals surface area contributed by atoms with E-state index in [1.54, 1.807) is 28.8 Å². The highest BCUT2D eigenvalue weighted by Gasteiger charge is 2.37. The molecular weight excluding hydrogens is 591 g/mol. The molecule has 7 rings (SSSR count). The van der Waals surface area contributed by atoms with Gasteiger partial charge in [-0.05, 0) is 37.3 Å². The zero-order valence-electron chi connectivity index (χ0n) is 23.9. The van der Waals surface area contributed by atoms with E-state index in [2.05, 4.69) is 19.9 Å². The lowest BCUT2D eigenvalue weighted by Gasteiger charge is -2.15. The van der Waals surface area contributed by atoms with E-state index in [0.717, 1.165) is 37.6 Å². The van der Waals surface area contributed by atoms with Crippen LogP contribution in [-0.4, -0.2) is 47.1 Å². The van der Waals surface area contributed by atoms with Gasteiger partial charge in [-0.15, -0.1) is 0 Å². The third kappa shape index (κ3) is 5.28. The summed E-state index contributed by atoms with van der Waals surface area (Å²) in [5.74, 6) is 5.58. The summed E-state index contributed by atoms with van der Waals surface area (Å²) in [6.07, 6.45) is 2.91. The van der Waals surface area contributed by atoms with Gasteiger partial charge < -0.3 is 9.30 Å². The highest BCUT2D eigenvalue weighted by molar-refractivity contribution is 5.96. The Bertz CT molecular complexity index is 2010. The summed E-state index contributed by atoms with van der Waals surface area (Å²) in [5.41, 5.74) is 2.87. The molecule has 5 aromatic rings. The Kier molecular flexibility index (Phi) is 6.84. The number of hydrogen-bond donors (Lipinski definition) is 2. The van der Waals surface area contributed by atoms with Gasteiger partial charge in [-0.25, -0.2) is 30.8 Å². The summed E-state index contributed by atoms with van der Waals surface area (Å²) in [7, 11) is 1.49. The second-order valence-electron chi connectivity index (χ2n) is 11.1. The third-order valence-electron chi connectivity index (χ3n) is 7.94. The first-order valence-electron chi connectivity index (χ1n) is 14.2. The van der Waals surface area contributed by atoms with Crippen molar-refractivity contribution in [3.63, 3.8) is 0 Å². The molecule has 45 heavy (non-hydrogen) atoms. The molecule has 2 fully saturated rings. The Morgan fingerprint density at radius 3 is 2.49 bits per heavy atom. The predicted octanol–water partition coefficient (Wildman–Crippen LogP) is 4.00. The number of fused-ring (bicyclic) bond motifs is 1. The van der Waals surface area contributed by atoms with Crippen LogP contribution in [0.1, 0.15) is 65.0 Å². The number of nitrogens with zero attached hydrogens (tertiary/aromatic N) is 7. The molecular formula is C30H26F3N9O3. The third-order valence-corrected chi connectivity index (χ3v) is 7.94. The standard InChI is InChI=1S/C30H26F3N9O3/c1-45-28-22(23(16-6-7-16)36-14-37-28)24-35-11-18-10-20(27(43)40-34)29(44)42(26(18)39-24)12-15-2-4-17(5-3-15)25-38-21(30(31,32)33)13-41(25)19-8-9-19/h2-5,10-11,13-14,16,19H,6-9,12,34H2,1H3,(H,40,43). The fourth-order valence-electron chi connectivity index (χ4n) is 5.40. The lowest BCUT2D eigenvalue weighted by atomic mass is 10.1. The van der Waals surface area contributed by atoms with Crippen molar-refractivity contribution in [2.24, 2.45) is 5.84 Å². The van der Waals surface area contributed by atoms with Gasteiger partial charge in [0.1, 0.15) is 28.9 Å². The minimum atomic E-state index is -4.56. The van der Waals surface area contributed by atoms with Gasteiger partial charge in [0.25, 0.3) is 11.5 Å². The molecule has 15 heteroatoms. The number of pyridine rings is 1. The van der Waals surface area contributed by atoms with Crippen LogP contribution in [-0.2, 0) is 12.7 Å². The quantitative estimate of drug-likeness (QED) is 0.149. The molecule has 2 saturated carbocycles. The number of nitrogens with two attached hydrogens (primary N) is 1. The maximum atomic E-state index is 13.7. The summed E-state index contributed by atoms with van der Waals surface area (Å²) in [6, 6.07) is 8.07. The summed E-state index contributed by atoms with van der Waals surface area (Å²) in [5, 5.41) is 0.406. The predicted molar refractivity (Wildman–Crippen MR) is 155 cm³/mol. The molecule has 0 radical (unpaired) electrons. The Labute approximate surface area is 253 Å². The molecule has 0 spiro atoms. The molecule has 4 heterocycles. The number of hydrazine groups is 1. The van der Waals surface area contributed by atoms with Crippen molar-refractivity contribution >= 4 is 16.9 Å². The van der Waals surface area contributed by atoms with Crippen molar-refractivity contribution in [1.82, 2.24) is 39.5 Å². The zero-order chi connectivity index (χ0) is 31.5. The lowest BCUT2D eigenvalue weighted by molar-refractivity contribution is -0.140. The number of halogens is 3. The fraction of sp³-hybridized carbons (Fsp3) is 0.300. The van der Waals surface area contributed by atoms with Gasteiger partial charge in [-0.3, -0.25) is 19.6 Å². The maximum Gasteiger partial charge on any atom is 0.434 e. The molecule has 1 amide bonds. The number of methoxy groups -OCH3 is 1. The molecule has 0 bridgehead atoms. The number of aromatic nitrogens is 7. The number of ether oxygens (including phenoxy) is 1. The highest BCUT2D eigenvalue weighted by atomic mass is 19.4. The van der Waals surface area contributed by atoms with E-state index < -0.39 is 23.3 Å². The Balaban J connectivity index is 1.31. The van der Waals surface area contributed by atoms with Gasteiger partial charge in [-0.2, -0.15) is 13.2 Å². The van der Waals surface area contributed by atoms with Gasteiger partial charge in [0.05, 0.1) is 19.3 Å². The Morgan fingerprint density at radius 2 is 1.84 bits per heavy atom. The average Bonchev–Trinajstić information content (AvgIpc) is 3.99. The van der Waals surface area contributed by atoms with Crippen molar-refractivity contribution in [2.45, 2.75) is 50.4 Å². The molecule has 0 aliphatic heterocycles. The first kappa shape index (κ1) is 28.6. The van der Waals surface area contributed by atoms with Crippen LogP contribution in [0, 0.1) is 0 Å².